The van der Waals surface area contributed by atoms with E-state index in [1.807, 2.05) is 27.7 Å². The first-order valence-corrected chi connectivity index (χ1v) is 24.7. The summed E-state index contributed by atoms with van der Waals surface area (Å²) in [5.74, 6) is -9.29. The summed E-state index contributed by atoms with van der Waals surface area (Å²) in [6, 6.07) is 12.7. The summed E-state index contributed by atoms with van der Waals surface area (Å²) >= 11 is 0. The molecule has 0 N–H and O–H groups in total. The number of hydrogen-bond acceptors (Lipinski definition) is 12. The van der Waals surface area contributed by atoms with E-state index in [1.54, 1.807) is 116 Å². The number of ether oxygens (including phenoxy) is 4. The summed E-state index contributed by atoms with van der Waals surface area (Å²) in [6.45, 7) is 20.9. The van der Waals surface area contributed by atoms with Crippen molar-refractivity contribution in [1.29, 1.82) is 0 Å². The van der Waals surface area contributed by atoms with Crippen LogP contribution in [0.15, 0.2) is 60.7 Å². The molecule has 0 radical (unpaired) electrons. The van der Waals surface area contributed by atoms with E-state index in [2.05, 4.69) is 0 Å². The van der Waals surface area contributed by atoms with Crippen molar-refractivity contribution in [2.24, 2.45) is 35.5 Å². The molecule has 70 heavy (non-hydrogen) atoms. The van der Waals surface area contributed by atoms with Gasteiger partial charge < -0.3 is 38.5 Å². The first-order valence-electron chi connectivity index (χ1n) is 24.7. The number of rotatable bonds is 12. The zero-order valence-electron chi connectivity index (χ0n) is 44.4. The number of amides is 4. The number of carbonyl (C=O) groups excluding carboxylic acids is 8. The zero-order valence-corrected chi connectivity index (χ0v) is 44.4. The molecule has 0 saturated carbocycles. The van der Waals surface area contributed by atoms with Crippen LogP contribution in [0.25, 0.3) is 0 Å². The fourth-order valence-corrected chi connectivity index (χ4v) is 8.27. The molecule has 16 nitrogen and oxygen atoms in total. The third-order valence-electron chi connectivity index (χ3n) is 12.6. The van der Waals surface area contributed by atoms with Crippen molar-refractivity contribution in [3.05, 3.63) is 71.8 Å². The van der Waals surface area contributed by atoms with Crippen LogP contribution >= 0.6 is 0 Å². The van der Waals surface area contributed by atoms with Crippen LogP contribution in [0, 0.1) is 35.5 Å². The highest BCUT2D eigenvalue weighted by atomic mass is 16.6. The van der Waals surface area contributed by atoms with Crippen molar-refractivity contribution >= 4 is 47.5 Å². The van der Waals surface area contributed by atoms with E-state index in [1.165, 1.54) is 38.0 Å². The number of nitrogens with zero attached hydrogens (tertiary/aromatic N) is 4. The van der Waals surface area contributed by atoms with Crippen molar-refractivity contribution in [2.45, 2.75) is 157 Å². The van der Waals surface area contributed by atoms with Crippen LogP contribution in [-0.4, -0.2) is 144 Å². The number of benzene rings is 2. The molecule has 8 atom stereocenters. The molecule has 2 aromatic rings. The first kappa shape index (κ1) is 58.5. The van der Waals surface area contributed by atoms with Crippen molar-refractivity contribution in [3.63, 3.8) is 0 Å². The maximum atomic E-state index is 14.7. The van der Waals surface area contributed by atoms with Gasteiger partial charge in [0, 0.05) is 41.0 Å². The Kier molecular flexibility index (Phi) is 22.1. The van der Waals surface area contributed by atoms with Gasteiger partial charge in [0.05, 0.1) is 0 Å². The standard InChI is InChI=1S/C54H80N4O12/c1-31(2)27-39-51(63)67-45(35(9)10)49(61)57(15)42(30-38-25-21-18-22-26-38)54(66)70-44(34(7)8)48(60)56(14)40(28-32(3)4)52(64)68-46(36(11)12)50(62)58(16)41(29-37-23-19-17-20-24-37)53(65)69-43(33(5)6)47(59)55(39)13/h17-26,31-36,39-46H,27-30H2,1-16H3. The molecule has 1 fully saturated rings. The zero-order chi connectivity index (χ0) is 52.9. The van der Waals surface area contributed by atoms with E-state index in [9.17, 15) is 38.4 Å². The van der Waals surface area contributed by atoms with Gasteiger partial charge in [0.2, 0.25) is 0 Å². The lowest BCUT2D eigenvalue weighted by Crippen LogP contribution is -2.56. The lowest BCUT2D eigenvalue weighted by Gasteiger charge is -2.37. The topological polar surface area (TPSA) is 186 Å². The minimum absolute atomic E-state index is 0.0361. The molecule has 0 aliphatic carbocycles. The van der Waals surface area contributed by atoms with E-state index in [0.29, 0.717) is 11.1 Å². The van der Waals surface area contributed by atoms with Crippen LogP contribution < -0.4 is 0 Å². The lowest BCUT2D eigenvalue weighted by atomic mass is 9.98. The van der Waals surface area contributed by atoms with Gasteiger partial charge in [-0.05, 0) is 59.5 Å². The van der Waals surface area contributed by atoms with Gasteiger partial charge in [-0.1, -0.05) is 144 Å². The number of hydrogen-bond donors (Lipinski definition) is 0. The SMILES string of the molecule is CC(C)CC1C(=O)OC(C(C)C)C(=O)N(C)C(Cc2ccccc2)C(=O)OC(C(C)C)C(=O)N(C)C(CC(C)C)C(=O)OC(C(C)C)C(=O)N(C)C(Cc2ccccc2)C(=O)OC(C(C)C)C(=O)N1C. The smallest absolute Gasteiger partial charge is 0.329 e. The van der Waals surface area contributed by atoms with Crippen LogP contribution in [-0.2, 0) is 70.1 Å². The Balaban J connectivity index is 2.32. The molecule has 1 aliphatic heterocycles. The highest BCUT2D eigenvalue weighted by Crippen LogP contribution is 2.26. The predicted molar refractivity (Wildman–Crippen MR) is 264 cm³/mol. The van der Waals surface area contributed by atoms with Crippen molar-refractivity contribution in [1.82, 2.24) is 19.6 Å². The second-order valence-electron chi connectivity index (χ2n) is 20.9. The number of likely N-dealkylation sites (N-methyl/N-ethyl adjacent to an activating group) is 4. The molecule has 0 spiro atoms. The largest absolute Gasteiger partial charge is 0.450 e. The van der Waals surface area contributed by atoms with Gasteiger partial charge in [0.1, 0.15) is 24.2 Å². The summed E-state index contributed by atoms with van der Waals surface area (Å²) < 4.78 is 24.3. The lowest BCUT2D eigenvalue weighted by molar-refractivity contribution is -0.180. The molecule has 1 heterocycles. The first-order chi connectivity index (χ1) is 32.7. The highest BCUT2D eigenvalue weighted by molar-refractivity contribution is 5.94. The van der Waals surface area contributed by atoms with E-state index < -0.39 is 120 Å². The third kappa shape index (κ3) is 15.6. The van der Waals surface area contributed by atoms with E-state index in [4.69, 9.17) is 18.9 Å². The average molecular weight is 977 g/mol. The second kappa shape index (κ2) is 26.4. The molecule has 2 aromatic carbocycles. The minimum atomic E-state index is -1.44. The van der Waals surface area contributed by atoms with Crippen molar-refractivity contribution in [2.75, 3.05) is 28.2 Å². The molecule has 388 valence electrons. The van der Waals surface area contributed by atoms with Crippen molar-refractivity contribution < 1.29 is 57.3 Å². The molecular weight excluding hydrogens is 897 g/mol. The van der Waals surface area contributed by atoms with Gasteiger partial charge in [-0.2, -0.15) is 0 Å². The Morgan fingerprint density at radius 1 is 0.357 bits per heavy atom. The summed E-state index contributed by atoms with van der Waals surface area (Å²) in [5, 5.41) is 0. The Bertz CT molecular complexity index is 1930. The van der Waals surface area contributed by atoms with Gasteiger partial charge in [0.15, 0.2) is 24.4 Å². The predicted octanol–water partition coefficient (Wildman–Crippen LogP) is 6.16. The van der Waals surface area contributed by atoms with Crippen LogP contribution in [0.4, 0.5) is 0 Å². The molecule has 0 aromatic heterocycles. The van der Waals surface area contributed by atoms with Crippen molar-refractivity contribution in [3.8, 4) is 0 Å². The Labute approximate surface area is 416 Å². The maximum absolute atomic E-state index is 14.7. The van der Waals surface area contributed by atoms with Gasteiger partial charge in [0.25, 0.3) is 23.6 Å². The van der Waals surface area contributed by atoms with Crippen LogP contribution in [0.5, 0.6) is 0 Å². The summed E-state index contributed by atoms with van der Waals surface area (Å²) in [4.78, 5) is 121. The van der Waals surface area contributed by atoms with E-state index in [-0.39, 0.29) is 37.5 Å². The molecule has 1 aliphatic rings. The van der Waals surface area contributed by atoms with Crippen LogP contribution in [0.1, 0.15) is 107 Å². The second-order valence-corrected chi connectivity index (χ2v) is 20.9. The molecule has 3 rings (SSSR count). The molecule has 4 amide bonds. The fraction of sp³-hybridized carbons (Fsp3) is 0.630. The fourth-order valence-electron chi connectivity index (χ4n) is 8.27. The summed E-state index contributed by atoms with van der Waals surface area (Å²) in [5.41, 5.74) is 1.34. The Hall–Kier alpha value is -5.80. The van der Waals surface area contributed by atoms with E-state index >= 15 is 0 Å². The van der Waals surface area contributed by atoms with E-state index in [0.717, 1.165) is 9.80 Å². The van der Waals surface area contributed by atoms with Crippen LogP contribution in [0.3, 0.4) is 0 Å². The van der Waals surface area contributed by atoms with Crippen LogP contribution in [0.2, 0.25) is 0 Å². The summed E-state index contributed by atoms with van der Waals surface area (Å²) in [7, 11) is 5.61. The minimum Gasteiger partial charge on any atom is -0.450 e. The molecule has 1 saturated heterocycles. The molecule has 16 heteroatoms. The number of carbonyl (C=O) groups is 8. The molecule has 8 unspecified atom stereocenters. The summed E-state index contributed by atoms with van der Waals surface area (Å²) in [6.07, 6.45) is -5.62. The number of esters is 4. The Morgan fingerprint density at radius 3 is 0.786 bits per heavy atom. The highest BCUT2D eigenvalue weighted by Gasteiger charge is 2.45. The normalized spacial score (nSPS) is 25.0. The Morgan fingerprint density at radius 2 is 0.571 bits per heavy atom. The average Bonchev–Trinajstić information content (AvgIpc) is 3.30. The van der Waals surface area contributed by atoms with Gasteiger partial charge in [-0.15, -0.1) is 0 Å². The maximum Gasteiger partial charge on any atom is 0.329 e. The quantitative estimate of drug-likeness (QED) is 0.175. The molecule has 0 bridgehead atoms. The molecular formula is C54H80N4O12. The van der Waals surface area contributed by atoms with Gasteiger partial charge >= 0.3 is 23.9 Å². The monoisotopic (exact) mass is 977 g/mol. The van der Waals surface area contributed by atoms with Gasteiger partial charge in [-0.25, -0.2) is 19.2 Å². The third-order valence-corrected chi connectivity index (χ3v) is 12.6. The number of cyclic esters (lactones) is 4. The van der Waals surface area contributed by atoms with Gasteiger partial charge in [-0.3, -0.25) is 19.2 Å².